The molecule has 0 bridgehead atoms. The van der Waals surface area contributed by atoms with E-state index in [9.17, 15) is 9.59 Å². The Kier molecular flexibility index (Phi) is 6.19. The predicted molar refractivity (Wildman–Crippen MR) is 111 cm³/mol. The molecule has 29 heavy (non-hydrogen) atoms. The first-order chi connectivity index (χ1) is 13.9. The quantitative estimate of drug-likeness (QED) is 0.655. The van der Waals surface area contributed by atoms with Gasteiger partial charge >= 0.3 is 0 Å². The lowest BCUT2D eigenvalue weighted by Crippen LogP contribution is -2.18. The van der Waals surface area contributed by atoms with E-state index in [1.54, 1.807) is 24.3 Å². The number of aromatic nitrogens is 2. The maximum atomic E-state index is 12.5. The second-order valence-electron chi connectivity index (χ2n) is 6.67. The molecule has 1 heterocycles. The molecule has 2 aromatic carbocycles. The van der Waals surface area contributed by atoms with Gasteiger partial charge in [-0.15, -0.1) is 0 Å². The van der Waals surface area contributed by atoms with Crippen molar-refractivity contribution in [2.24, 2.45) is 0 Å². The van der Waals surface area contributed by atoms with Crippen molar-refractivity contribution in [2.45, 2.75) is 26.7 Å². The van der Waals surface area contributed by atoms with E-state index in [2.05, 4.69) is 20.6 Å². The van der Waals surface area contributed by atoms with Crippen LogP contribution in [0.15, 0.2) is 60.9 Å². The van der Waals surface area contributed by atoms with Crippen molar-refractivity contribution in [3.63, 3.8) is 0 Å². The molecule has 7 heteroatoms. The highest BCUT2D eigenvalue weighted by Gasteiger charge is 2.15. The second kappa shape index (κ2) is 8.97. The van der Waals surface area contributed by atoms with Crippen LogP contribution in [0.3, 0.4) is 0 Å². The summed E-state index contributed by atoms with van der Waals surface area (Å²) in [7, 11) is 0. The molecular formula is C22H22N4O3. The highest BCUT2D eigenvalue weighted by molar-refractivity contribution is 5.95. The highest BCUT2D eigenvalue weighted by Crippen LogP contribution is 2.24. The van der Waals surface area contributed by atoms with Crippen LogP contribution in [-0.2, 0) is 9.59 Å². The molecule has 148 valence electrons. The molecule has 0 radical (unpaired) electrons. The molecule has 0 saturated heterocycles. The number of nitrogens with one attached hydrogen (secondary N) is 2. The predicted octanol–water partition coefficient (Wildman–Crippen LogP) is 4.28. The normalized spacial score (nSPS) is 11.4. The van der Waals surface area contributed by atoms with Crippen LogP contribution in [0.1, 0.15) is 30.9 Å². The van der Waals surface area contributed by atoms with Crippen LogP contribution in [0.4, 0.5) is 11.5 Å². The third-order valence-electron chi connectivity index (χ3n) is 4.26. The number of anilines is 2. The van der Waals surface area contributed by atoms with Crippen LogP contribution in [0, 0.1) is 6.92 Å². The van der Waals surface area contributed by atoms with Crippen LogP contribution >= 0.6 is 0 Å². The van der Waals surface area contributed by atoms with E-state index < -0.39 is 0 Å². The van der Waals surface area contributed by atoms with Gasteiger partial charge in [-0.2, -0.15) is 0 Å². The molecule has 0 aliphatic carbocycles. The Labute approximate surface area is 169 Å². The van der Waals surface area contributed by atoms with Crippen molar-refractivity contribution in [3.8, 4) is 11.6 Å². The average molecular weight is 390 g/mol. The van der Waals surface area contributed by atoms with E-state index in [4.69, 9.17) is 4.74 Å². The Hall–Kier alpha value is -3.74. The van der Waals surface area contributed by atoms with Gasteiger partial charge in [-0.1, -0.05) is 29.8 Å². The Morgan fingerprint density at radius 2 is 1.66 bits per heavy atom. The fourth-order valence-corrected chi connectivity index (χ4v) is 2.63. The molecule has 1 aromatic heterocycles. The summed E-state index contributed by atoms with van der Waals surface area (Å²) >= 11 is 0. The van der Waals surface area contributed by atoms with Crippen molar-refractivity contribution in [1.29, 1.82) is 0 Å². The standard InChI is InChI=1S/C22H22N4O3/c1-14-4-6-17(7-5-14)15(2)22(28)26-18-8-10-19(11-9-18)29-21-12-20(23-13-24-21)25-16(3)27/h4-13,15H,1-3H3,(H,26,28)(H,23,24,25,27). The first-order valence-corrected chi connectivity index (χ1v) is 9.15. The Morgan fingerprint density at radius 3 is 2.31 bits per heavy atom. The zero-order valence-electron chi connectivity index (χ0n) is 16.5. The number of hydrogen-bond donors (Lipinski definition) is 2. The van der Waals surface area contributed by atoms with Crippen molar-refractivity contribution < 1.29 is 14.3 Å². The van der Waals surface area contributed by atoms with E-state index in [1.807, 2.05) is 38.1 Å². The van der Waals surface area contributed by atoms with Crippen LogP contribution in [0.25, 0.3) is 0 Å². The topological polar surface area (TPSA) is 93.2 Å². The Morgan fingerprint density at radius 1 is 0.966 bits per heavy atom. The van der Waals surface area contributed by atoms with Gasteiger partial charge in [0, 0.05) is 18.7 Å². The van der Waals surface area contributed by atoms with Gasteiger partial charge < -0.3 is 15.4 Å². The van der Waals surface area contributed by atoms with Crippen molar-refractivity contribution in [1.82, 2.24) is 9.97 Å². The number of carbonyl (C=O) groups is 2. The van der Waals surface area contributed by atoms with Gasteiger partial charge in [0.05, 0.1) is 5.92 Å². The number of amides is 2. The summed E-state index contributed by atoms with van der Waals surface area (Å²) < 4.78 is 5.67. The lowest BCUT2D eigenvalue weighted by Gasteiger charge is -2.13. The third kappa shape index (κ3) is 5.62. The average Bonchev–Trinajstić information content (AvgIpc) is 2.69. The molecule has 3 aromatic rings. The SMILES string of the molecule is CC(=O)Nc1cc(Oc2ccc(NC(=O)C(C)c3ccc(C)cc3)cc2)ncn1. The molecule has 0 aliphatic rings. The summed E-state index contributed by atoms with van der Waals surface area (Å²) in [6, 6.07) is 16.4. The number of ether oxygens (including phenoxy) is 1. The lowest BCUT2D eigenvalue weighted by molar-refractivity contribution is -0.117. The number of hydrogen-bond acceptors (Lipinski definition) is 5. The van der Waals surface area contributed by atoms with E-state index in [0.717, 1.165) is 11.1 Å². The van der Waals surface area contributed by atoms with E-state index >= 15 is 0 Å². The Balaban J connectivity index is 1.62. The summed E-state index contributed by atoms with van der Waals surface area (Å²) in [5.41, 5.74) is 2.79. The highest BCUT2D eigenvalue weighted by atomic mass is 16.5. The van der Waals surface area contributed by atoms with Crippen molar-refractivity contribution in [3.05, 3.63) is 72.1 Å². The largest absolute Gasteiger partial charge is 0.439 e. The molecular weight excluding hydrogens is 368 g/mol. The molecule has 2 amide bonds. The van der Waals surface area contributed by atoms with E-state index in [-0.39, 0.29) is 17.7 Å². The fourth-order valence-electron chi connectivity index (χ4n) is 2.63. The third-order valence-corrected chi connectivity index (χ3v) is 4.26. The van der Waals surface area contributed by atoms with Gasteiger partial charge in [0.2, 0.25) is 17.7 Å². The van der Waals surface area contributed by atoms with Gasteiger partial charge in [-0.25, -0.2) is 9.97 Å². The number of carbonyl (C=O) groups excluding carboxylic acids is 2. The summed E-state index contributed by atoms with van der Waals surface area (Å²) in [4.78, 5) is 31.6. The van der Waals surface area contributed by atoms with Crippen molar-refractivity contribution in [2.75, 3.05) is 10.6 Å². The Bertz CT molecular complexity index is 1000. The number of aryl methyl sites for hydroxylation is 1. The monoisotopic (exact) mass is 390 g/mol. The maximum Gasteiger partial charge on any atom is 0.231 e. The maximum absolute atomic E-state index is 12.5. The lowest BCUT2D eigenvalue weighted by atomic mass is 9.99. The van der Waals surface area contributed by atoms with Gasteiger partial charge in [0.25, 0.3) is 0 Å². The van der Waals surface area contributed by atoms with Crippen LogP contribution in [-0.4, -0.2) is 21.8 Å². The molecule has 0 saturated carbocycles. The first-order valence-electron chi connectivity index (χ1n) is 9.15. The summed E-state index contributed by atoms with van der Waals surface area (Å²) in [6.45, 7) is 5.29. The van der Waals surface area contributed by atoms with Gasteiger partial charge in [-0.3, -0.25) is 9.59 Å². The minimum Gasteiger partial charge on any atom is -0.439 e. The molecule has 1 unspecified atom stereocenters. The van der Waals surface area contributed by atoms with Crippen LogP contribution < -0.4 is 15.4 Å². The minimum atomic E-state index is -0.264. The minimum absolute atomic E-state index is 0.0849. The molecule has 7 nitrogen and oxygen atoms in total. The van der Waals surface area contributed by atoms with Gasteiger partial charge in [0.1, 0.15) is 17.9 Å². The summed E-state index contributed by atoms with van der Waals surface area (Å²) in [6.07, 6.45) is 1.31. The molecule has 0 aliphatic heterocycles. The zero-order valence-corrected chi connectivity index (χ0v) is 16.5. The van der Waals surface area contributed by atoms with E-state index in [0.29, 0.717) is 23.1 Å². The number of nitrogens with zero attached hydrogens (tertiary/aromatic N) is 2. The van der Waals surface area contributed by atoms with Gasteiger partial charge in [-0.05, 0) is 43.7 Å². The second-order valence-corrected chi connectivity index (χ2v) is 6.67. The molecule has 1 atom stereocenters. The smallest absolute Gasteiger partial charge is 0.231 e. The van der Waals surface area contributed by atoms with Gasteiger partial charge in [0.15, 0.2) is 0 Å². The zero-order chi connectivity index (χ0) is 20.8. The fraction of sp³-hybridized carbons (Fsp3) is 0.182. The molecule has 0 fully saturated rings. The molecule has 2 N–H and O–H groups in total. The summed E-state index contributed by atoms with van der Waals surface area (Å²) in [5.74, 6) is 0.625. The van der Waals surface area contributed by atoms with E-state index in [1.165, 1.54) is 19.3 Å². The number of rotatable bonds is 6. The van der Waals surface area contributed by atoms with Crippen molar-refractivity contribution >= 4 is 23.3 Å². The van der Waals surface area contributed by atoms with Crippen LogP contribution in [0.5, 0.6) is 11.6 Å². The molecule has 0 spiro atoms. The first kappa shape index (κ1) is 20.0. The van der Waals surface area contributed by atoms with Crippen LogP contribution in [0.2, 0.25) is 0 Å². The summed E-state index contributed by atoms with van der Waals surface area (Å²) in [5, 5.41) is 5.48. The number of benzene rings is 2. The molecule has 3 rings (SSSR count).